The smallest absolute Gasteiger partial charge is 0.472 e. The highest BCUT2D eigenvalue weighted by Crippen LogP contribution is 2.43. The quantitative estimate of drug-likeness (QED) is 0.0364. The number of hydrogen-bond acceptors (Lipinski definition) is 6. The Labute approximate surface area is 298 Å². The first-order valence-corrected chi connectivity index (χ1v) is 20.6. The Bertz CT molecular complexity index is 1150. The molecule has 0 aliphatic carbocycles. The molecule has 0 bridgehead atoms. The van der Waals surface area contributed by atoms with Gasteiger partial charge in [0.2, 0.25) is 0 Å². The van der Waals surface area contributed by atoms with E-state index in [4.69, 9.17) is 18.5 Å². The van der Waals surface area contributed by atoms with Crippen LogP contribution in [0.5, 0.6) is 11.5 Å². The topological polar surface area (TPSA) is 86.6 Å². The number of phosphoric acid groups is 1. The van der Waals surface area contributed by atoms with Gasteiger partial charge in [-0.2, -0.15) is 0 Å². The number of benzene rings is 2. The van der Waals surface area contributed by atoms with Gasteiger partial charge in [0.1, 0.15) is 24.7 Å². The summed E-state index contributed by atoms with van der Waals surface area (Å²) in [7, 11) is 2.55. The van der Waals surface area contributed by atoms with Gasteiger partial charge in [-0.3, -0.25) is 14.0 Å². The highest BCUT2D eigenvalue weighted by molar-refractivity contribution is 7.47. The van der Waals surface area contributed by atoms with Gasteiger partial charge in [-0.25, -0.2) is 4.57 Å². The van der Waals surface area contributed by atoms with Crippen molar-refractivity contribution in [3.8, 4) is 11.5 Å². The fraction of sp³-hybridized carbons (Fsp3) is 0.675. The second-order valence-corrected chi connectivity index (χ2v) is 15.6. The Morgan fingerprint density at radius 2 is 1.00 bits per heavy atom. The summed E-state index contributed by atoms with van der Waals surface area (Å²) in [6.45, 7) is 5.17. The van der Waals surface area contributed by atoms with Crippen molar-refractivity contribution in [1.82, 2.24) is 0 Å². The molecule has 2 aromatic carbocycles. The lowest BCUT2D eigenvalue weighted by Gasteiger charge is -2.23. The summed E-state index contributed by atoms with van der Waals surface area (Å²) in [6.07, 6.45) is 22.7. The minimum absolute atomic E-state index is 0.276. The first-order chi connectivity index (χ1) is 23.7. The highest BCUT2D eigenvalue weighted by atomic mass is 31.2. The molecule has 0 fully saturated rings. The number of unbranched alkanes of at least 4 members (excludes halogenated alkanes) is 16. The molecule has 0 aliphatic heterocycles. The lowest BCUT2D eigenvalue weighted by Crippen LogP contribution is -2.38. The Balaban J connectivity index is 1.40. The van der Waals surface area contributed by atoms with E-state index < -0.39 is 7.82 Å². The maximum atomic E-state index is 12.1. The third-order valence-corrected chi connectivity index (χ3v) is 9.44. The molecule has 0 spiro atoms. The summed E-state index contributed by atoms with van der Waals surface area (Å²) in [5, 5.41) is 0. The molecule has 0 heterocycles. The van der Waals surface area contributed by atoms with Crippen LogP contribution in [0.25, 0.3) is 0 Å². The molecule has 9 heteroatoms. The maximum absolute atomic E-state index is 12.1. The van der Waals surface area contributed by atoms with Crippen molar-refractivity contribution in [3.05, 3.63) is 54.1 Å². The van der Waals surface area contributed by atoms with Crippen molar-refractivity contribution >= 4 is 19.7 Å². The number of rotatable bonds is 31. The van der Waals surface area contributed by atoms with E-state index in [-0.39, 0.29) is 6.61 Å². The van der Waals surface area contributed by atoms with Crippen molar-refractivity contribution in [2.45, 2.75) is 122 Å². The molecular weight excluding hydrogens is 635 g/mol. The zero-order valence-electron chi connectivity index (χ0n) is 31.3. The first-order valence-electron chi connectivity index (χ1n) is 19.1. The molecule has 2 aromatic rings. The zero-order valence-corrected chi connectivity index (χ0v) is 32.2. The van der Waals surface area contributed by atoms with E-state index in [1.165, 1.54) is 70.6 Å². The number of phosphoric ester groups is 1. The number of quaternary nitrogens is 1. The standard InChI is InChI=1S/C40H67N2O6P/c1-5-6-7-8-9-10-11-15-18-21-33-47-49(43,44)48-34-22-19-16-13-12-14-17-20-32-45-39-27-23-37(24-28-39)36-41-38-25-29-40(30-26-38)46-35-31-42(2,3)4/h23-30,36H,5-22,31-35H2,1-4H3/p+1. The Morgan fingerprint density at radius 3 is 1.47 bits per heavy atom. The summed E-state index contributed by atoms with van der Waals surface area (Å²) in [6, 6.07) is 15.9. The molecular formula is C40H68N2O6P+. The van der Waals surface area contributed by atoms with E-state index in [2.05, 4.69) is 33.1 Å². The van der Waals surface area contributed by atoms with Gasteiger partial charge in [-0.1, -0.05) is 103 Å². The lowest BCUT2D eigenvalue weighted by atomic mass is 10.1. The summed E-state index contributed by atoms with van der Waals surface area (Å²) in [4.78, 5) is 14.5. The molecule has 0 saturated heterocycles. The monoisotopic (exact) mass is 703 g/mol. The molecule has 0 saturated carbocycles. The van der Waals surface area contributed by atoms with Gasteiger partial charge < -0.3 is 18.9 Å². The Kier molecular flexibility index (Phi) is 23.3. The van der Waals surface area contributed by atoms with Gasteiger partial charge in [-0.05, 0) is 73.4 Å². The third-order valence-electron chi connectivity index (χ3n) is 8.42. The number of likely N-dealkylation sites (N-methyl/N-ethyl adjacent to an activating group) is 1. The van der Waals surface area contributed by atoms with Crippen LogP contribution >= 0.6 is 7.82 Å². The van der Waals surface area contributed by atoms with Crippen molar-refractivity contribution < 1.29 is 32.5 Å². The van der Waals surface area contributed by atoms with E-state index in [9.17, 15) is 9.46 Å². The van der Waals surface area contributed by atoms with Crippen LogP contribution in [-0.4, -0.2) is 69.7 Å². The van der Waals surface area contributed by atoms with Gasteiger partial charge >= 0.3 is 7.82 Å². The zero-order chi connectivity index (χ0) is 35.5. The van der Waals surface area contributed by atoms with E-state index in [1.54, 1.807) is 0 Å². The minimum atomic E-state index is -3.92. The lowest BCUT2D eigenvalue weighted by molar-refractivity contribution is -0.870. The molecule has 2 rings (SSSR count). The number of hydrogen-bond donors (Lipinski definition) is 1. The molecule has 0 aliphatic rings. The van der Waals surface area contributed by atoms with E-state index in [1.807, 2.05) is 54.7 Å². The number of aliphatic imine (C=N–C) groups is 1. The second-order valence-electron chi connectivity index (χ2n) is 14.2. The van der Waals surface area contributed by atoms with E-state index >= 15 is 0 Å². The minimum Gasteiger partial charge on any atom is -0.494 e. The van der Waals surface area contributed by atoms with Crippen molar-refractivity contribution in [2.75, 3.05) is 54.1 Å². The molecule has 0 amide bonds. The highest BCUT2D eigenvalue weighted by Gasteiger charge is 2.20. The predicted molar refractivity (Wildman–Crippen MR) is 205 cm³/mol. The molecule has 278 valence electrons. The van der Waals surface area contributed by atoms with Gasteiger partial charge in [-0.15, -0.1) is 0 Å². The van der Waals surface area contributed by atoms with Gasteiger partial charge in [0.15, 0.2) is 0 Å². The summed E-state index contributed by atoms with van der Waals surface area (Å²) in [5.41, 5.74) is 1.92. The van der Waals surface area contributed by atoms with Crippen LogP contribution in [-0.2, 0) is 13.6 Å². The average molecular weight is 704 g/mol. The van der Waals surface area contributed by atoms with Crippen LogP contribution in [0.2, 0.25) is 0 Å². The van der Waals surface area contributed by atoms with E-state index in [0.717, 1.165) is 85.3 Å². The molecule has 1 unspecified atom stereocenters. The van der Waals surface area contributed by atoms with Crippen molar-refractivity contribution in [2.24, 2.45) is 4.99 Å². The normalized spacial score (nSPS) is 13.2. The van der Waals surface area contributed by atoms with E-state index in [0.29, 0.717) is 13.2 Å². The second kappa shape index (κ2) is 26.6. The third kappa shape index (κ3) is 24.6. The first kappa shape index (κ1) is 42.9. The molecule has 1 atom stereocenters. The Hall–Kier alpha value is -2.22. The Morgan fingerprint density at radius 1 is 0.592 bits per heavy atom. The van der Waals surface area contributed by atoms with Gasteiger partial charge in [0.05, 0.1) is 46.7 Å². The van der Waals surface area contributed by atoms with Crippen LogP contribution in [0.1, 0.15) is 128 Å². The van der Waals surface area contributed by atoms with Gasteiger partial charge in [0.25, 0.3) is 0 Å². The summed E-state index contributed by atoms with van der Waals surface area (Å²) in [5.74, 6) is 1.75. The van der Waals surface area contributed by atoms with Gasteiger partial charge in [0, 0.05) is 6.21 Å². The SMILES string of the molecule is CCCCCCCCCCCCOP(=O)(O)OCCCCCCCCCCOc1ccc(C=Nc2ccc(OCC[N+](C)(C)C)cc2)cc1. The van der Waals surface area contributed by atoms with Crippen LogP contribution in [0.3, 0.4) is 0 Å². The van der Waals surface area contributed by atoms with Crippen LogP contribution in [0.15, 0.2) is 53.5 Å². The fourth-order valence-corrected chi connectivity index (χ4v) is 6.10. The largest absolute Gasteiger partial charge is 0.494 e. The molecule has 49 heavy (non-hydrogen) atoms. The van der Waals surface area contributed by atoms with Crippen molar-refractivity contribution in [1.29, 1.82) is 0 Å². The average Bonchev–Trinajstić information content (AvgIpc) is 3.07. The van der Waals surface area contributed by atoms with Crippen LogP contribution in [0, 0.1) is 0 Å². The summed E-state index contributed by atoms with van der Waals surface area (Å²) >= 11 is 0. The molecule has 8 nitrogen and oxygen atoms in total. The fourth-order valence-electron chi connectivity index (χ4n) is 5.31. The number of ether oxygens (including phenoxy) is 2. The predicted octanol–water partition coefficient (Wildman–Crippen LogP) is 11.1. The maximum Gasteiger partial charge on any atom is 0.472 e. The molecule has 1 N–H and O–H groups in total. The summed E-state index contributed by atoms with van der Waals surface area (Å²) < 4.78 is 35.0. The van der Waals surface area contributed by atoms with Crippen LogP contribution < -0.4 is 9.47 Å². The molecule has 0 radical (unpaired) electrons. The van der Waals surface area contributed by atoms with Crippen molar-refractivity contribution in [3.63, 3.8) is 0 Å². The van der Waals surface area contributed by atoms with Crippen LogP contribution in [0.4, 0.5) is 5.69 Å². The molecule has 0 aromatic heterocycles. The number of nitrogens with zero attached hydrogens (tertiary/aromatic N) is 2.